The second-order valence-electron chi connectivity index (χ2n) is 3.21. The third kappa shape index (κ3) is 2.83. The summed E-state index contributed by atoms with van der Waals surface area (Å²) >= 11 is 0. The van der Waals surface area contributed by atoms with E-state index in [0.717, 1.165) is 24.0 Å². The van der Waals surface area contributed by atoms with Gasteiger partial charge in [-0.15, -0.1) is 0 Å². The summed E-state index contributed by atoms with van der Waals surface area (Å²) in [5, 5.41) is 18.6. The van der Waals surface area contributed by atoms with Gasteiger partial charge in [0.25, 0.3) is 0 Å². The standard InChI is InChI=1S/C11H16O2/c1-2-4-11(13)10-6-3-5-9(7-10)8-12/h3,5-7,11-13H,2,4,8H2,1H3/t11-/m1/s1. The second-order valence-corrected chi connectivity index (χ2v) is 3.21. The van der Waals surface area contributed by atoms with Gasteiger partial charge in [-0.05, 0) is 17.5 Å². The van der Waals surface area contributed by atoms with E-state index >= 15 is 0 Å². The minimum Gasteiger partial charge on any atom is -0.392 e. The quantitative estimate of drug-likeness (QED) is 0.744. The topological polar surface area (TPSA) is 40.5 Å². The zero-order valence-electron chi connectivity index (χ0n) is 7.90. The molecule has 0 aliphatic heterocycles. The van der Waals surface area contributed by atoms with Gasteiger partial charge in [-0.25, -0.2) is 0 Å². The molecule has 0 aliphatic carbocycles. The Morgan fingerprint density at radius 1 is 1.38 bits per heavy atom. The molecule has 0 bridgehead atoms. The third-order valence-corrected chi connectivity index (χ3v) is 2.08. The minimum atomic E-state index is -0.392. The van der Waals surface area contributed by atoms with Crippen molar-refractivity contribution in [3.63, 3.8) is 0 Å². The molecule has 13 heavy (non-hydrogen) atoms. The van der Waals surface area contributed by atoms with E-state index in [-0.39, 0.29) is 6.61 Å². The van der Waals surface area contributed by atoms with Crippen LogP contribution in [0.5, 0.6) is 0 Å². The van der Waals surface area contributed by atoms with Gasteiger partial charge >= 0.3 is 0 Å². The smallest absolute Gasteiger partial charge is 0.0790 e. The van der Waals surface area contributed by atoms with Crippen LogP contribution in [0.4, 0.5) is 0 Å². The summed E-state index contributed by atoms with van der Waals surface area (Å²) in [6.45, 7) is 2.08. The van der Waals surface area contributed by atoms with Crippen LogP contribution in [-0.2, 0) is 6.61 Å². The Morgan fingerprint density at radius 3 is 2.77 bits per heavy atom. The van der Waals surface area contributed by atoms with Crippen LogP contribution >= 0.6 is 0 Å². The fourth-order valence-corrected chi connectivity index (χ4v) is 1.34. The molecule has 1 aromatic rings. The van der Waals surface area contributed by atoms with Crippen molar-refractivity contribution in [3.8, 4) is 0 Å². The zero-order valence-corrected chi connectivity index (χ0v) is 7.90. The Morgan fingerprint density at radius 2 is 2.15 bits per heavy atom. The summed E-state index contributed by atoms with van der Waals surface area (Å²) < 4.78 is 0. The summed E-state index contributed by atoms with van der Waals surface area (Å²) in [4.78, 5) is 0. The van der Waals surface area contributed by atoms with Crippen LogP contribution in [0.25, 0.3) is 0 Å². The Kier molecular flexibility index (Phi) is 3.93. The van der Waals surface area contributed by atoms with Gasteiger partial charge < -0.3 is 10.2 Å². The number of hydrogen-bond acceptors (Lipinski definition) is 2. The largest absolute Gasteiger partial charge is 0.392 e. The van der Waals surface area contributed by atoms with Crippen LogP contribution in [0.2, 0.25) is 0 Å². The van der Waals surface area contributed by atoms with Crippen molar-refractivity contribution in [1.82, 2.24) is 0 Å². The molecule has 0 radical (unpaired) electrons. The van der Waals surface area contributed by atoms with E-state index in [4.69, 9.17) is 5.11 Å². The highest BCUT2D eigenvalue weighted by atomic mass is 16.3. The van der Waals surface area contributed by atoms with Crippen molar-refractivity contribution in [2.45, 2.75) is 32.5 Å². The summed E-state index contributed by atoms with van der Waals surface area (Å²) in [5.41, 5.74) is 1.75. The first kappa shape index (κ1) is 10.2. The highest BCUT2D eigenvalue weighted by Crippen LogP contribution is 2.18. The lowest BCUT2D eigenvalue weighted by molar-refractivity contribution is 0.166. The van der Waals surface area contributed by atoms with Gasteiger partial charge in [0.1, 0.15) is 0 Å². The van der Waals surface area contributed by atoms with Crippen LogP contribution in [0.3, 0.4) is 0 Å². The van der Waals surface area contributed by atoms with Gasteiger partial charge in [0.2, 0.25) is 0 Å². The number of rotatable bonds is 4. The normalized spacial score (nSPS) is 12.8. The van der Waals surface area contributed by atoms with E-state index in [1.54, 1.807) is 0 Å². The highest BCUT2D eigenvalue weighted by molar-refractivity contribution is 5.24. The monoisotopic (exact) mass is 180 g/mol. The number of benzene rings is 1. The van der Waals surface area contributed by atoms with E-state index in [0.29, 0.717) is 0 Å². The fourth-order valence-electron chi connectivity index (χ4n) is 1.34. The molecule has 0 saturated carbocycles. The molecule has 2 nitrogen and oxygen atoms in total. The van der Waals surface area contributed by atoms with Crippen LogP contribution in [0.1, 0.15) is 37.0 Å². The first-order valence-corrected chi connectivity index (χ1v) is 4.65. The van der Waals surface area contributed by atoms with Gasteiger partial charge in [0.15, 0.2) is 0 Å². The Labute approximate surface area is 78.8 Å². The molecular formula is C11H16O2. The number of hydrogen-bond donors (Lipinski definition) is 2. The van der Waals surface area contributed by atoms with Crippen molar-refractivity contribution in [2.75, 3.05) is 0 Å². The molecule has 2 N–H and O–H groups in total. The Balaban J connectivity index is 2.75. The first-order valence-electron chi connectivity index (χ1n) is 4.65. The van der Waals surface area contributed by atoms with E-state index < -0.39 is 6.10 Å². The SMILES string of the molecule is CCC[C@@H](O)c1cccc(CO)c1. The lowest BCUT2D eigenvalue weighted by atomic mass is 10.0. The molecule has 0 fully saturated rings. The van der Waals surface area contributed by atoms with Crippen molar-refractivity contribution in [3.05, 3.63) is 35.4 Å². The Hall–Kier alpha value is -0.860. The van der Waals surface area contributed by atoms with Gasteiger partial charge in [-0.2, -0.15) is 0 Å². The first-order chi connectivity index (χ1) is 6.27. The maximum Gasteiger partial charge on any atom is 0.0790 e. The molecule has 1 atom stereocenters. The summed E-state index contributed by atoms with van der Waals surface area (Å²) in [5.74, 6) is 0. The number of aliphatic hydroxyl groups is 2. The van der Waals surface area contributed by atoms with Crippen molar-refractivity contribution in [2.24, 2.45) is 0 Å². The van der Waals surface area contributed by atoms with E-state index in [1.165, 1.54) is 0 Å². The maximum absolute atomic E-state index is 9.66. The predicted octanol–water partition coefficient (Wildman–Crippen LogP) is 2.01. The third-order valence-electron chi connectivity index (χ3n) is 2.08. The zero-order chi connectivity index (χ0) is 9.68. The predicted molar refractivity (Wildman–Crippen MR) is 52.2 cm³/mol. The second kappa shape index (κ2) is 5.00. The number of aliphatic hydroxyl groups excluding tert-OH is 2. The molecule has 0 spiro atoms. The molecule has 0 aromatic heterocycles. The molecule has 1 rings (SSSR count). The lowest BCUT2D eigenvalue weighted by Gasteiger charge is -2.10. The van der Waals surface area contributed by atoms with Crippen LogP contribution in [0, 0.1) is 0 Å². The molecule has 2 heteroatoms. The molecule has 0 aliphatic rings. The van der Waals surface area contributed by atoms with E-state index in [2.05, 4.69) is 0 Å². The van der Waals surface area contributed by atoms with Gasteiger partial charge in [-0.1, -0.05) is 37.6 Å². The minimum absolute atomic E-state index is 0.0344. The molecule has 0 heterocycles. The van der Waals surface area contributed by atoms with Crippen molar-refractivity contribution in [1.29, 1.82) is 0 Å². The van der Waals surface area contributed by atoms with E-state index in [9.17, 15) is 5.11 Å². The van der Waals surface area contributed by atoms with Crippen LogP contribution < -0.4 is 0 Å². The van der Waals surface area contributed by atoms with Gasteiger partial charge in [0, 0.05) is 0 Å². The molecule has 0 amide bonds. The molecule has 72 valence electrons. The summed E-state index contributed by atoms with van der Waals surface area (Å²) in [7, 11) is 0. The average Bonchev–Trinajstić information content (AvgIpc) is 2.18. The van der Waals surface area contributed by atoms with E-state index in [1.807, 2.05) is 31.2 Å². The summed E-state index contributed by atoms with van der Waals surface area (Å²) in [6.07, 6.45) is 1.34. The lowest BCUT2D eigenvalue weighted by Crippen LogP contribution is -1.97. The van der Waals surface area contributed by atoms with Gasteiger partial charge in [-0.3, -0.25) is 0 Å². The molecule has 0 saturated heterocycles. The Bertz CT molecular complexity index is 258. The fraction of sp³-hybridized carbons (Fsp3) is 0.455. The molecule has 0 unspecified atom stereocenters. The van der Waals surface area contributed by atoms with Crippen molar-refractivity contribution < 1.29 is 10.2 Å². The highest BCUT2D eigenvalue weighted by Gasteiger charge is 2.05. The summed E-state index contributed by atoms with van der Waals surface area (Å²) in [6, 6.07) is 7.45. The van der Waals surface area contributed by atoms with Crippen LogP contribution in [-0.4, -0.2) is 10.2 Å². The average molecular weight is 180 g/mol. The van der Waals surface area contributed by atoms with Crippen LogP contribution in [0.15, 0.2) is 24.3 Å². The molecule has 1 aromatic carbocycles. The maximum atomic E-state index is 9.66. The molecular weight excluding hydrogens is 164 g/mol. The van der Waals surface area contributed by atoms with Crippen molar-refractivity contribution >= 4 is 0 Å². The van der Waals surface area contributed by atoms with Gasteiger partial charge in [0.05, 0.1) is 12.7 Å².